The van der Waals surface area contributed by atoms with E-state index in [1.807, 2.05) is 0 Å². The fourth-order valence-electron chi connectivity index (χ4n) is 0. The molecule has 0 rings (SSSR count). The van der Waals surface area contributed by atoms with Crippen molar-refractivity contribution in [2.75, 3.05) is 0 Å². The van der Waals surface area contributed by atoms with Crippen molar-refractivity contribution >= 4 is 67.1 Å². The molecule has 0 bridgehead atoms. The molecule has 0 heterocycles. The van der Waals surface area contributed by atoms with Crippen LogP contribution in [0.1, 0.15) is 0 Å². The summed E-state index contributed by atoms with van der Waals surface area (Å²) in [6.45, 7) is 0. The van der Waals surface area contributed by atoms with E-state index in [4.69, 9.17) is 12.3 Å². The molecule has 3 nitrogen and oxygen atoms in total. The van der Waals surface area contributed by atoms with Crippen molar-refractivity contribution in [3.63, 3.8) is 0 Å². The van der Waals surface area contributed by atoms with Crippen molar-refractivity contribution < 1.29 is 12.3 Å². The van der Waals surface area contributed by atoms with Crippen LogP contribution in [0.4, 0.5) is 0 Å². The smallest absolute Gasteiger partial charge is 0 e. The molecular weight excluding hydrogens is 162 g/mol. The van der Waals surface area contributed by atoms with Gasteiger partial charge in [-0.05, 0) is 0 Å². The topological polar surface area (TPSA) is 60.7 Å². The predicted molar refractivity (Wildman–Crippen MR) is 18.2 cm³/mol. The summed E-state index contributed by atoms with van der Waals surface area (Å²) in [5.41, 5.74) is 0. The van der Waals surface area contributed by atoms with E-state index in [-0.39, 0.29) is 51.4 Å². The maximum Gasteiger partial charge on any atom is 0 e. The Hall–Kier alpha value is 2.07. The molecule has 3 N–H and O–H groups in total. The van der Waals surface area contributed by atoms with Crippen molar-refractivity contribution in [1.82, 2.24) is 0 Å². The van der Waals surface area contributed by atoms with Crippen molar-refractivity contribution in [2.24, 2.45) is 0 Å². The molecule has 0 saturated heterocycles. The Morgan fingerprint density at radius 3 is 1.00 bits per heavy atom. The van der Waals surface area contributed by atoms with Crippen LogP contribution in [-0.2, 0) is 0 Å². The maximum atomic E-state index is 7.31. The number of hydrogen-bond acceptors (Lipinski definition) is 3. The first-order valence-electron chi connectivity index (χ1n) is 0.600. The SMILES string of the molecule is O[As](O)O.[K]. The molecule has 27 valence electrons. The van der Waals surface area contributed by atoms with E-state index in [1.165, 1.54) is 0 Å². The van der Waals surface area contributed by atoms with E-state index in [0.29, 0.717) is 0 Å². The van der Waals surface area contributed by atoms with E-state index in [9.17, 15) is 0 Å². The van der Waals surface area contributed by atoms with Crippen LogP contribution in [0.15, 0.2) is 0 Å². The molecule has 0 saturated carbocycles. The van der Waals surface area contributed by atoms with E-state index in [0.717, 1.165) is 0 Å². The van der Waals surface area contributed by atoms with Gasteiger partial charge in [-0.1, -0.05) is 0 Å². The third-order valence-electron chi connectivity index (χ3n) is 0. The normalized spacial score (nSPS) is 7.20. The van der Waals surface area contributed by atoms with Gasteiger partial charge in [0.05, 0.1) is 0 Å². The average Bonchev–Trinajstić information content (AvgIpc) is 0.811. The van der Waals surface area contributed by atoms with Crippen LogP contribution in [0.2, 0.25) is 0 Å². The van der Waals surface area contributed by atoms with Crippen LogP contribution in [0.5, 0.6) is 0 Å². The monoisotopic (exact) mass is 165 g/mol. The minimum Gasteiger partial charge on any atom is 0 e. The second-order valence-electron chi connectivity index (χ2n) is 0.268. The number of hydrogen-bond donors (Lipinski definition) is 3. The van der Waals surface area contributed by atoms with Crippen LogP contribution in [0.25, 0.3) is 0 Å². The fourth-order valence-corrected chi connectivity index (χ4v) is 0. The third-order valence-corrected chi connectivity index (χ3v) is 0. The summed E-state index contributed by atoms with van der Waals surface area (Å²) in [7, 11) is 0. The molecule has 0 aromatic heterocycles. The Morgan fingerprint density at radius 2 is 1.00 bits per heavy atom. The Labute approximate surface area is 77.8 Å². The third kappa shape index (κ3) is 23.4. The first kappa shape index (κ1) is 10.1. The average molecular weight is 165 g/mol. The molecular formula is H3AsKO3. The van der Waals surface area contributed by atoms with Gasteiger partial charge in [0, 0.05) is 51.4 Å². The predicted octanol–water partition coefficient (Wildman–Crippen LogP) is -2.43. The van der Waals surface area contributed by atoms with Crippen molar-refractivity contribution in [2.45, 2.75) is 0 Å². The second-order valence-corrected chi connectivity index (χ2v) is 1.39. The van der Waals surface area contributed by atoms with Crippen molar-refractivity contribution in [3.05, 3.63) is 0 Å². The summed E-state index contributed by atoms with van der Waals surface area (Å²) in [6, 6.07) is 0. The van der Waals surface area contributed by atoms with Gasteiger partial charge in [-0.25, -0.2) is 0 Å². The van der Waals surface area contributed by atoms with Gasteiger partial charge in [0.15, 0.2) is 0 Å². The Balaban J connectivity index is 0. The van der Waals surface area contributed by atoms with Gasteiger partial charge in [0.2, 0.25) is 0 Å². The first-order chi connectivity index (χ1) is 1.73. The van der Waals surface area contributed by atoms with E-state index in [1.54, 1.807) is 0 Å². The van der Waals surface area contributed by atoms with Gasteiger partial charge < -0.3 is 0 Å². The zero-order valence-corrected chi connectivity index (χ0v) is 7.79. The summed E-state index contributed by atoms with van der Waals surface area (Å²) in [6.07, 6.45) is 0. The Bertz CT molecular complexity index is 11.6. The van der Waals surface area contributed by atoms with Gasteiger partial charge in [-0.3, -0.25) is 0 Å². The van der Waals surface area contributed by atoms with Crippen LogP contribution >= 0.6 is 0 Å². The summed E-state index contributed by atoms with van der Waals surface area (Å²) in [5, 5.41) is 0. The van der Waals surface area contributed by atoms with E-state index < -0.39 is 15.7 Å². The minimum atomic E-state index is -3.19. The molecule has 0 aliphatic carbocycles. The van der Waals surface area contributed by atoms with Gasteiger partial charge in [-0.2, -0.15) is 0 Å². The molecule has 1 radical (unpaired) electrons. The van der Waals surface area contributed by atoms with Crippen LogP contribution in [-0.4, -0.2) is 79.3 Å². The molecule has 0 atom stereocenters. The van der Waals surface area contributed by atoms with Crippen LogP contribution in [0.3, 0.4) is 0 Å². The van der Waals surface area contributed by atoms with Crippen molar-refractivity contribution in [3.8, 4) is 0 Å². The van der Waals surface area contributed by atoms with Gasteiger partial charge in [-0.15, -0.1) is 0 Å². The molecule has 0 aromatic rings. The molecule has 0 fully saturated rings. The zero-order chi connectivity index (χ0) is 3.58. The summed E-state index contributed by atoms with van der Waals surface area (Å²) in [5.74, 6) is 0. The molecule has 0 spiro atoms. The molecule has 5 heteroatoms. The first-order valence-corrected chi connectivity index (χ1v) is 3.12. The maximum absolute atomic E-state index is 7.31. The summed E-state index contributed by atoms with van der Waals surface area (Å²) < 4.78 is 21.9. The van der Waals surface area contributed by atoms with Gasteiger partial charge in [0.1, 0.15) is 0 Å². The minimum absolute atomic E-state index is 0. The molecule has 0 amide bonds. The van der Waals surface area contributed by atoms with Gasteiger partial charge >= 0.3 is 28.0 Å². The molecule has 0 unspecified atom stereocenters. The fraction of sp³-hybridized carbons (Fsp3) is 0. The molecule has 0 aliphatic rings. The largest absolute Gasteiger partial charge is 0 e. The molecule has 5 heavy (non-hydrogen) atoms. The quantitative estimate of drug-likeness (QED) is 0.350. The second kappa shape index (κ2) is 6.07. The zero-order valence-electron chi connectivity index (χ0n) is 2.79. The van der Waals surface area contributed by atoms with Gasteiger partial charge in [0.25, 0.3) is 0 Å². The number of rotatable bonds is 0. The van der Waals surface area contributed by atoms with Crippen molar-refractivity contribution in [1.29, 1.82) is 0 Å². The summed E-state index contributed by atoms with van der Waals surface area (Å²) in [4.78, 5) is 0. The molecule has 0 aromatic carbocycles. The Kier molecular flexibility index (Phi) is 12.3. The Morgan fingerprint density at radius 1 is 1.00 bits per heavy atom. The van der Waals surface area contributed by atoms with E-state index >= 15 is 0 Å². The van der Waals surface area contributed by atoms with Crippen LogP contribution in [0, 0.1) is 0 Å². The molecule has 0 aliphatic heterocycles. The summed E-state index contributed by atoms with van der Waals surface area (Å²) >= 11 is -3.19. The van der Waals surface area contributed by atoms with E-state index in [2.05, 4.69) is 0 Å². The van der Waals surface area contributed by atoms with Crippen LogP contribution < -0.4 is 0 Å². The standard InChI is InChI=1S/AsH3O3.K/c2-1(3)4;/h2-4H;.